The summed E-state index contributed by atoms with van der Waals surface area (Å²) in [7, 11) is 0. The molecule has 1 saturated heterocycles. The number of ether oxygens (including phenoxy) is 1. The van der Waals surface area contributed by atoms with Crippen LogP contribution in [0.5, 0.6) is 0 Å². The summed E-state index contributed by atoms with van der Waals surface area (Å²) in [6.07, 6.45) is 1.79. The molecule has 1 amide bonds. The topological polar surface area (TPSA) is 110 Å². The number of imidazole rings is 1. The number of halogens is 2. The van der Waals surface area contributed by atoms with Crippen molar-refractivity contribution in [2.45, 2.75) is 6.54 Å². The summed E-state index contributed by atoms with van der Waals surface area (Å²) >= 11 is 1.33. The van der Waals surface area contributed by atoms with Crippen LogP contribution < -0.4 is 16.4 Å². The number of rotatable bonds is 7. The first-order chi connectivity index (χ1) is 19.5. The van der Waals surface area contributed by atoms with Gasteiger partial charge in [0.2, 0.25) is 0 Å². The summed E-state index contributed by atoms with van der Waals surface area (Å²) in [6.45, 7) is 3.93. The smallest absolute Gasteiger partial charge is 0.255 e. The zero-order valence-corrected chi connectivity index (χ0v) is 22.0. The summed E-state index contributed by atoms with van der Waals surface area (Å²) in [6, 6.07) is 14.0. The second-order valence-corrected chi connectivity index (χ2v) is 10.1. The fourth-order valence-corrected chi connectivity index (χ4v) is 5.29. The Hall–Kier alpha value is -4.39. The minimum atomic E-state index is -0.681. The minimum Gasteiger partial charge on any atom is -0.397 e. The molecule has 4 N–H and O–H groups in total. The third-order valence-corrected chi connectivity index (χ3v) is 7.38. The van der Waals surface area contributed by atoms with Gasteiger partial charge in [0.15, 0.2) is 5.13 Å². The number of para-hydroxylation sites is 1. The van der Waals surface area contributed by atoms with Gasteiger partial charge < -0.3 is 21.1 Å². The Balaban J connectivity index is 1.20. The van der Waals surface area contributed by atoms with E-state index in [4.69, 9.17) is 10.5 Å². The molecule has 0 spiro atoms. The number of nitrogens with zero attached hydrogens (tertiary/aromatic N) is 4. The third kappa shape index (κ3) is 5.24. The minimum absolute atomic E-state index is 0.0176. The van der Waals surface area contributed by atoms with E-state index in [0.717, 1.165) is 55.9 Å². The number of aromatic nitrogens is 3. The average Bonchev–Trinajstić information content (AvgIpc) is 3.60. The molecule has 5 aromatic rings. The van der Waals surface area contributed by atoms with E-state index in [1.54, 1.807) is 6.20 Å². The van der Waals surface area contributed by atoms with Gasteiger partial charge in [0.05, 0.1) is 36.5 Å². The molecule has 0 radical (unpaired) electrons. The number of amides is 1. The highest BCUT2D eigenvalue weighted by Crippen LogP contribution is 2.30. The van der Waals surface area contributed by atoms with Crippen LogP contribution in [-0.4, -0.2) is 51.5 Å². The van der Waals surface area contributed by atoms with Gasteiger partial charge in [-0.2, -0.15) is 0 Å². The second-order valence-electron chi connectivity index (χ2n) is 9.26. The molecule has 1 aliphatic heterocycles. The van der Waals surface area contributed by atoms with E-state index < -0.39 is 17.5 Å². The van der Waals surface area contributed by atoms with E-state index in [1.165, 1.54) is 41.7 Å². The number of morpholine rings is 1. The van der Waals surface area contributed by atoms with Gasteiger partial charge in [-0.15, -0.1) is 11.3 Å². The van der Waals surface area contributed by atoms with Crippen molar-refractivity contribution in [3.63, 3.8) is 0 Å². The van der Waals surface area contributed by atoms with Crippen LogP contribution in [0.3, 0.4) is 0 Å². The Morgan fingerprint density at radius 3 is 2.70 bits per heavy atom. The van der Waals surface area contributed by atoms with Gasteiger partial charge >= 0.3 is 0 Å². The molecule has 0 aliphatic carbocycles. The average molecular weight is 562 g/mol. The van der Waals surface area contributed by atoms with Gasteiger partial charge in [0, 0.05) is 36.3 Å². The van der Waals surface area contributed by atoms with Crippen LogP contribution in [0.1, 0.15) is 16.1 Å². The Morgan fingerprint density at radius 1 is 1.07 bits per heavy atom. The number of carbonyl (C=O) groups excluding carboxylic acids is 1. The second kappa shape index (κ2) is 11.0. The highest BCUT2D eigenvalue weighted by Gasteiger charge is 2.18. The number of nitrogens with two attached hydrogens (primary N) is 1. The molecule has 0 bridgehead atoms. The van der Waals surface area contributed by atoms with Crippen molar-refractivity contribution in [2.75, 3.05) is 42.7 Å². The van der Waals surface area contributed by atoms with Gasteiger partial charge in [-0.05, 0) is 42.5 Å². The predicted octanol–water partition coefficient (Wildman–Crippen LogP) is 5.15. The van der Waals surface area contributed by atoms with Crippen LogP contribution in [-0.2, 0) is 11.3 Å². The number of nitrogens with one attached hydrogen (secondary N) is 2. The number of pyridine rings is 1. The predicted molar refractivity (Wildman–Crippen MR) is 151 cm³/mol. The molecule has 0 unspecified atom stereocenters. The lowest BCUT2D eigenvalue weighted by Gasteiger charge is -2.27. The van der Waals surface area contributed by atoms with Gasteiger partial charge in [-0.1, -0.05) is 12.1 Å². The molecule has 6 rings (SSSR count). The van der Waals surface area contributed by atoms with Crippen molar-refractivity contribution < 1.29 is 18.3 Å². The quantitative estimate of drug-likeness (QED) is 0.236. The normalized spacial score (nSPS) is 13.9. The van der Waals surface area contributed by atoms with Crippen molar-refractivity contribution in [1.82, 2.24) is 19.3 Å². The monoisotopic (exact) mass is 561 g/mol. The molecule has 4 heterocycles. The van der Waals surface area contributed by atoms with E-state index in [0.29, 0.717) is 10.8 Å². The molecule has 1 fully saturated rings. The molecule has 12 heteroatoms. The number of fused-ring (bicyclic) bond motifs is 1. The van der Waals surface area contributed by atoms with Gasteiger partial charge in [-0.25, -0.2) is 18.7 Å². The van der Waals surface area contributed by atoms with Crippen LogP contribution in [0.4, 0.5) is 31.0 Å². The van der Waals surface area contributed by atoms with Crippen LogP contribution in [0.25, 0.3) is 17.0 Å². The van der Waals surface area contributed by atoms with Crippen molar-refractivity contribution >= 4 is 45.1 Å². The van der Waals surface area contributed by atoms with E-state index in [-0.39, 0.29) is 22.6 Å². The molecule has 9 nitrogen and oxygen atoms in total. The molecular weight excluding hydrogens is 536 g/mol. The summed E-state index contributed by atoms with van der Waals surface area (Å²) in [5, 5.41) is 7.75. The van der Waals surface area contributed by atoms with E-state index in [9.17, 15) is 13.6 Å². The van der Waals surface area contributed by atoms with Crippen molar-refractivity contribution in [3.8, 4) is 11.4 Å². The van der Waals surface area contributed by atoms with Crippen molar-refractivity contribution in [3.05, 3.63) is 89.1 Å². The SMILES string of the molecule is Nc1cccc(F)c1NC(=O)c1ccc(Nc2nc(-c3cnc4cccc(CN5CCOCC5)n34)cs2)c(F)c1. The van der Waals surface area contributed by atoms with Crippen LogP contribution in [0, 0.1) is 11.6 Å². The van der Waals surface area contributed by atoms with Crippen LogP contribution in [0.15, 0.2) is 66.2 Å². The molecule has 0 atom stereocenters. The molecule has 204 valence electrons. The summed E-state index contributed by atoms with van der Waals surface area (Å²) in [5.74, 6) is -2.02. The highest BCUT2D eigenvalue weighted by atomic mass is 32.1. The molecule has 2 aromatic carbocycles. The number of hydrogen-bond donors (Lipinski definition) is 3. The lowest BCUT2D eigenvalue weighted by Crippen LogP contribution is -2.36. The molecule has 0 saturated carbocycles. The summed E-state index contributed by atoms with van der Waals surface area (Å²) < 4.78 is 36.6. The van der Waals surface area contributed by atoms with Gasteiger partial charge in [0.1, 0.15) is 28.7 Å². The zero-order valence-electron chi connectivity index (χ0n) is 21.2. The van der Waals surface area contributed by atoms with Crippen molar-refractivity contribution in [2.24, 2.45) is 0 Å². The Morgan fingerprint density at radius 2 is 1.90 bits per heavy atom. The van der Waals surface area contributed by atoms with E-state index in [2.05, 4.69) is 36.0 Å². The summed E-state index contributed by atoms with van der Waals surface area (Å²) in [5.41, 5.74) is 9.29. The van der Waals surface area contributed by atoms with Crippen LogP contribution >= 0.6 is 11.3 Å². The Labute approximate surface area is 232 Å². The summed E-state index contributed by atoms with van der Waals surface area (Å²) in [4.78, 5) is 24.2. The number of benzene rings is 2. The van der Waals surface area contributed by atoms with Crippen LogP contribution in [0.2, 0.25) is 0 Å². The first kappa shape index (κ1) is 25.9. The molecule has 3 aromatic heterocycles. The maximum Gasteiger partial charge on any atom is 0.255 e. The number of nitrogen functional groups attached to an aromatic ring is 1. The van der Waals surface area contributed by atoms with Gasteiger partial charge in [0.25, 0.3) is 5.91 Å². The third-order valence-electron chi connectivity index (χ3n) is 6.62. The molecular formula is C28H25F2N7O2S. The standard InChI is InChI=1S/C28H25F2N7O2S/c29-19-4-2-5-21(31)26(19)35-27(38)17-7-8-22(20(30)13-17)33-28-34-23(16-40-28)24-14-32-25-6-1-3-18(37(24)25)15-36-9-11-39-12-10-36/h1-8,13-14,16H,9-12,15,31H2,(H,33,34)(H,35,38). The Bertz CT molecular complexity index is 1680. The lowest BCUT2D eigenvalue weighted by atomic mass is 10.1. The van der Waals surface area contributed by atoms with Crippen molar-refractivity contribution in [1.29, 1.82) is 0 Å². The highest BCUT2D eigenvalue weighted by molar-refractivity contribution is 7.14. The first-order valence-electron chi connectivity index (χ1n) is 12.6. The lowest BCUT2D eigenvalue weighted by molar-refractivity contribution is 0.0335. The number of thiazole rings is 1. The maximum atomic E-state index is 15.0. The maximum absolute atomic E-state index is 15.0. The number of anilines is 4. The zero-order chi connectivity index (χ0) is 27.6. The number of carbonyl (C=O) groups is 1. The first-order valence-corrected chi connectivity index (χ1v) is 13.5. The largest absolute Gasteiger partial charge is 0.397 e. The van der Waals surface area contributed by atoms with Gasteiger partial charge in [-0.3, -0.25) is 14.1 Å². The van der Waals surface area contributed by atoms with E-state index >= 15 is 0 Å². The molecule has 1 aliphatic rings. The van der Waals surface area contributed by atoms with E-state index in [1.807, 2.05) is 17.5 Å². The number of hydrogen-bond acceptors (Lipinski definition) is 8. The fraction of sp³-hybridized carbons (Fsp3) is 0.179. The Kier molecular flexibility index (Phi) is 7.11. The fourth-order valence-electron chi connectivity index (χ4n) is 4.58. The molecule has 40 heavy (non-hydrogen) atoms.